The molecule has 1 N–H and O–H groups in total. The van der Waals surface area contributed by atoms with Gasteiger partial charge in [0, 0.05) is 29.0 Å². The van der Waals surface area contributed by atoms with Crippen LogP contribution in [0.25, 0.3) is 0 Å². The van der Waals surface area contributed by atoms with Gasteiger partial charge in [0.2, 0.25) is 21.8 Å². The maximum atomic E-state index is 14.0. The Morgan fingerprint density at radius 1 is 0.900 bits per heavy atom. The summed E-state index contributed by atoms with van der Waals surface area (Å²) in [4.78, 5) is 41.0. The lowest BCUT2D eigenvalue weighted by Crippen LogP contribution is -2.54. The smallest absolute Gasteiger partial charge is 0.244 e. The number of hydrogen-bond donors (Lipinski definition) is 1. The van der Waals surface area contributed by atoms with Crippen molar-refractivity contribution in [2.45, 2.75) is 45.8 Å². The molecular formula is C30H34BrN3O5S. The van der Waals surface area contributed by atoms with E-state index in [2.05, 4.69) is 21.2 Å². The molecule has 3 aromatic carbocycles. The Balaban J connectivity index is 2.07. The Kier molecular flexibility index (Phi) is 10.6. The van der Waals surface area contributed by atoms with Crippen LogP contribution in [0.3, 0.4) is 0 Å². The van der Waals surface area contributed by atoms with Crippen LogP contribution >= 0.6 is 15.9 Å². The minimum absolute atomic E-state index is 0.0835. The lowest BCUT2D eigenvalue weighted by Gasteiger charge is -2.34. The van der Waals surface area contributed by atoms with E-state index in [4.69, 9.17) is 0 Å². The van der Waals surface area contributed by atoms with Gasteiger partial charge in [0.15, 0.2) is 5.78 Å². The zero-order valence-corrected chi connectivity index (χ0v) is 25.4. The van der Waals surface area contributed by atoms with Crippen LogP contribution in [0.4, 0.5) is 5.69 Å². The molecule has 0 radical (unpaired) electrons. The number of amides is 2. The SMILES string of the molecule is CC(=O)c1cccc(N(CC(=O)N(Cc2ccc(Br)cc2)[C@H](Cc2ccccc2)C(=O)NC(C)C)S(C)(=O)=O)c1. The van der Waals surface area contributed by atoms with Crippen LogP contribution in [0.1, 0.15) is 42.3 Å². The first-order valence-electron chi connectivity index (χ1n) is 12.8. The zero-order valence-electron chi connectivity index (χ0n) is 23.0. The van der Waals surface area contributed by atoms with Crippen LogP contribution in [-0.4, -0.2) is 55.8 Å². The lowest BCUT2D eigenvalue weighted by atomic mass is 10.0. The first kappa shape index (κ1) is 31.0. The minimum atomic E-state index is -3.92. The molecule has 0 aliphatic heterocycles. The van der Waals surface area contributed by atoms with Crippen LogP contribution in [0.5, 0.6) is 0 Å². The van der Waals surface area contributed by atoms with Crippen molar-refractivity contribution in [1.29, 1.82) is 0 Å². The highest BCUT2D eigenvalue weighted by atomic mass is 79.9. The highest BCUT2D eigenvalue weighted by Gasteiger charge is 2.33. The Hall–Kier alpha value is -3.50. The van der Waals surface area contributed by atoms with Crippen LogP contribution in [-0.2, 0) is 32.6 Å². The molecule has 0 aliphatic carbocycles. The van der Waals surface area contributed by atoms with Gasteiger partial charge in [-0.15, -0.1) is 0 Å². The van der Waals surface area contributed by atoms with Gasteiger partial charge in [-0.2, -0.15) is 0 Å². The van der Waals surface area contributed by atoms with Gasteiger partial charge >= 0.3 is 0 Å². The van der Waals surface area contributed by atoms with Gasteiger partial charge in [0.05, 0.1) is 11.9 Å². The molecular weight excluding hydrogens is 594 g/mol. The summed E-state index contributed by atoms with van der Waals surface area (Å²) >= 11 is 3.42. The fourth-order valence-electron chi connectivity index (χ4n) is 4.21. The number of sulfonamides is 1. The Labute approximate surface area is 244 Å². The summed E-state index contributed by atoms with van der Waals surface area (Å²) in [6, 6.07) is 21.8. The molecule has 0 saturated heterocycles. The van der Waals surface area contributed by atoms with Gasteiger partial charge in [-0.3, -0.25) is 18.7 Å². The van der Waals surface area contributed by atoms with E-state index < -0.39 is 28.5 Å². The zero-order chi connectivity index (χ0) is 29.4. The number of carbonyl (C=O) groups is 3. The average Bonchev–Trinajstić information content (AvgIpc) is 2.89. The summed E-state index contributed by atoms with van der Waals surface area (Å²) in [6.07, 6.45) is 1.24. The number of halogens is 1. The van der Waals surface area contributed by atoms with E-state index in [9.17, 15) is 22.8 Å². The van der Waals surface area contributed by atoms with Gasteiger partial charge in [-0.1, -0.05) is 70.5 Å². The quantitative estimate of drug-likeness (QED) is 0.296. The van der Waals surface area contributed by atoms with Gasteiger partial charge in [0.25, 0.3) is 0 Å². The summed E-state index contributed by atoms with van der Waals surface area (Å²) in [6.45, 7) is 4.60. The van der Waals surface area contributed by atoms with Crippen molar-refractivity contribution in [3.8, 4) is 0 Å². The molecule has 0 aliphatic rings. The third kappa shape index (κ3) is 8.76. The van der Waals surface area contributed by atoms with E-state index in [1.165, 1.54) is 24.0 Å². The maximum absolute atomic E-state index is 14.0. The topological polar surface area (TPSA) is 104 Å². The van der Waals surface area contributed by atoms with Crippen molar-refractivity contribution in [1.82, 2.24) is 10.2 Å². The van der Waals surface area contributed by atoms with Gasteiger partial charge in [0.1, 0.15) is 12.6 Å². The van der Waals surface area contributed by atoms with Crippen molar-refractivity contribution < 1.29 is 22.8 Å². The molecule has 0 aromatic heterocycles. The number of anilines is 1. The maximum Gasteiger partial charge on any atom is 0.244 e. The predicted octanol–water partition coefficient (Wildman–Crippen LogP) is 4.58. The Morgan fingerprint density at radius 3 is 2.12 bits per heavy atom. The molecule has 0 saturated carbocycles. The molecule has 1 atom stereocenters. The summed E-state index contributed by atoms with van der Waals surface area (Å²) in [5, 5.41) is 2.92. The van der Waals surface area contributed by atoms with Crippen LogP contribution in [0.15, 0.2) is 83.3 Å². The predicted molar refractivity (Wildman–Crippen MR) is 161 cm³/mol. The second-order valence-electron chi connectivity index (χ2n) is 9.89. The third-order valence-corrected chi connectivity index (χ3v) is 7.86. The van der Waals surface area contributed by atoms with Crippen LogP contribution < -0.4 is 9.62 Å². The third-order valence-electron chi connectivity index (χ3n) is 6.19. The molecule has 2 amide bonds. The van der Waals surface area contributed by atoms with Crippen LogP contribution in [0.2, 0.25) is 0 Å². The highest BCUT2D eigenvalue weighted by Crippen LogP contribution is 2.22. The van der Waals surface area contributed by atoms with E-state index in [1.807, 2.05) is 68.4 Å². The monoisotopic (exact) mass is 627 g/mol. The van der Waals surface area contributed by atoms with Gasteiger partial charge in [-0.25, -0.2) is 8.42 Å². The number of rotatable bonds is 12. The number of nitrogens with one attached hydrogen (secondary N) is 1. The molecule has 212 valence electrons. The second-order valence-corrected chi connectivity index (χ2v) is 12.7. The molecule has 0 heterocycles. The second kappa shape index (κ2) is 13.7. The Bertz CT molecular complexity index is 1440. The fourth-order valence-corrected chi connectivity index (χ4v) is 5.32. The number of benzene rings is 3. The minimum Gasteiger partial charge on any atom is -0.352 e. The number of hydrogen-bond acceptors (Lipinski definition) is 5. The van der Waals surface area contributed by atoms with Gasteiger partial charge in [-0.05, 0) is 56.2 Å². The van der Waals surface area contributed by atoms with Crippen molar-refractivity contribution in [2.75, 3.05) is 17.1 Å². The number of carbonyl (C=O) groups excluding carboxylic acids is 3. The number of Topliss-reactive ketones (excluding diaryl/α,β-unsaturated/α-hetero) is 1. The molecule has 40 heavy (non-hydrogen) atoms. The van der Waals surface area contributed by atoms with E-state index in [0.717, 1.165) is 26.2 Å². The van der Waals surface area contributed by atoms with E-state index >= 15 is 0 Å². The van der Waals surface area contributed by atoms with Crippen molar-refractivity contribution in [2.24, 2.45) is 0 Å². The van der Waals surface area contributed by atoms with Crippen molar-refractivity contribution >= 4 is 49.2 Å². The first-order chi connectivity index (χ1) is 18.8. The molecule has 10 heteroatoms. The van der Waals surface area contributed by atoms with Gasteiger partial charge < -0.3 is 10.2 Å². The van der Waals surface area contributed by atoms with Crippen LogP contribution in [0, 0.1) is 0 Å². The normalized spacial score (nSPS) is 12.1. The molecule has 0 unspecified atom stereocenters. The van der Waals surface area contributed by atoms with E-state index in [1.54, 1.807) is 12.1 Å². The molecule has 3 rings (SSSR count). The summed E-state index contributed by atoms with van der Waals surface area (Å²) in [5.41, 5.74) is 2.15. The molecule has 8 nitrogen and oxygen atoms in total. The molecule has 0 spiro atoms. The van der Waals surface area contributed by atoms with E-state index in [0.29, 0.717) is 5.56 Å². The molecule has 3 aromatic rings. The average molecular weight is 629 g/mol. The van der Waals surface area contributed by atoms with Crippen molar-refractivity contribution in [3.05, 3.63) is 100 Å². The largest absolute Gasteiger partial charge is 0.352 e. The number of ketones is 1. The highest BCUT2D eigenvalue weighted by molar-refractivity contribution is 9.10. The molecule has 0 bridgehead atoms. The Morgan fingerprint density at radius 2 is 1.55 bits per heavy atom. The summed E-state index contributed by atoms with van der Waals surface area (Å²) in [5.74, 6) is -1.12. The van der Waals surface area contributed by atoms with E-state index in [-0.39, 0.29) is 36.4 Å². The molecule has 0 fully saturated rings. The fraction of sp³-hybridized carbons (Fsp3) is 0.300. The lowest BCUT2D eigenvalue weighted by molar-refractivity contribution is -0.140. The summed E-state index contributed by atoms with van der Waals surface area (Å²) in [7, 11) is -3.92. The first-order valence-corrected chi connectivity index (χ1v) is 15.5. The standard InChI is InChI=1S/C30H34BrN3O5S/c1-21(2)32-30(37)28(17-23-9-6-5-7-10-23)33(19-24-13-15-26(31)16-14-24)29(36)20-34(40(4,38)39)27-12-8-11-25(18-27)22(3)35/h5-16,18,21,28H,17,19-20H2,1-4H3,(H,32,37)/t28-/m1/s1. The van der Waals surface area contributed by atoms with Crippen molar-refractivity contribution in [3.63, 3.8) is 0 Å². The summed E-state index contributed by atoms with van der Waals surface area (Å²) < 4.78 is 27.6. The number of nitrogens with zero attached hydrogens (tertiary/aromatic N) is 2.